The summed E-state index contributed by atoms with van der Waals surface area (Å²) in [6.07, 6.45) is 5.66. The van der Waals surface area contributed by atoms with Crippen LogP contribution in [-0.4, -0.2) is 67.3 Å². The van der Waals surface area contributed by atoms with Crippen molar-refractivity contribution in [3.63, 3.8) is 0 Å². The largest absolute Gasteiger partial charge is 0.409 e. The van der Waals surface area contributed by atoms with E-state index >= 15 is 4.39 Å². The van der Waals surface area contributed by atoms with E-state index in [2.05, 4.69) is 59.7 Å². The van der Waals surface area contributed by atoms with Gasteiger partial charge in [-0.05, 0) is 90.7 Å². The van der Waals surface area contributed by atoms with Crippen molar-refractivity contribution < 1.29 is 18.4 Å². The molecule has 1 unspecified atom stereocenters. The molecule has 0 spiro atoms. The first kappa shape index (κ1) is 31.9. The molecule has 2 aromatic carbocycles. The highest BCUT2D eigenvalue weighted by Crippen LogP contribution is 2.41. The van der Waals surface area contributed by atoms with Crippen LogP contribution in [0.2, 0.25) is 23.2 Å². The number of hydrogen-bond acceptors (Lipinski definition) is 8. The zero-order valence-electron chi connectivity index (χ0n) is 26.6. The lowest BCUT2D eigenvalue weighted by Gasteiger charge is -2.38. The number of tetrazole rings is 1. The molecule has 2 aliphatic heterocycles. The summed E-state index contributed by atoms with van der Waals surface area (Å²) < 4.78 is 23.2. The number of hydrogen-bond donors (Lipinski definition) is 1. The van der Waals surface area contributed by atoms with Crippen molar-refractivity contribution in [2.45, 2.75) is 83.3 Å². The molecular weight excluding hydrogens is 627 g/mol. The van der Waals surface area contributed by atoms with Crippen LogP contribution in [0.1, 0.15) is 64.3 Å². The highest BCUT2D eigenvalue weighted by atomic mass is 35.5. The fourth-order valence-electron chi connectivity index (χ4n) is 5.90. The minimum absolute atomic E-state index is 0.0726. The van der Waals surface area contributed by atoms with Crippen molar-refractivity contribution in [3.8, 4) is 5.69 Å². The summed E-state index contributed by atoms with van der Waals surface area (Å²) in [5.41, 5.74) is 3.66. The second-order valence-corrected chi connectivity index (χ2v) is 18.5. The average molecular weight is 663 g/mol. The van der Waals surface area contributed by atoms with E-state index in [1.807, 2.05) is 13.0 Å². The molecule has 4 aromatic rings. The molecule has 1 fully saturated rings. The summed E-state index contributed by atoms with van der Waals surface area (Å²) in [5, 5.41) is 14.1. The maximum absolute atomic E-state index is 15.4. The van der Waals surface area contributed by atoms with E-state index in [0.29, 0.717) is 47.2 Å². The molecular formula is C32H36ClFN8O3Si. The Labute approximate surface area is 272 Å². The third kappa shape index (κ3) is 5.94. The molecule has 1 saturated heterocycles. The Hall–Kier alpha value is -4.07. The maximum Gasteiger partial charge on any atom is 0.247 e. The topological polar surface area (TPSA) is 128 Å². The van der Waals surface area contributed by atoms with Crippen molar-refractivity contribution >= 4 is 54.0 Å². The van der Waals surface area contributed by atoms with Crippen LogP contribution < -0.4 is 5.32 Å². The summed E-state index contributed by atoms with van der Waals surface area (Å²) in [7, 11) is -1.99. The summed E-state index contributed by atoms with van der Waals surface area (Å²) in [4.78, 5) is 37.9. The highest BCUT2D eigenvalue weighted by molar-refractivity contribution is 6.74. The molecule has 0 bridgehead atoms. The van der Waals surface area contributed by atoms with E-state index in [1.165, 1.54) is 23.2 Å². The Kier molecular flexibility index (Phi) is 8.28. The fourth-order valence-corrected chi connectivity index (χ4v) is 7.41. The molecule has 3 atom stereocenters. The van der Waals surface area contributed by atoms with Crippen LogP contribution in [0.25, 0.3) is 22.3 Å². The first-order chi connectivity index (χ1) is 21.7. The van der Waals surface area contributed by atoms with Gasteiger partial charge in [-0.1, -0.05) is 32.4 Å². The molecule has 1 N–H and O–H groups in total. The molecule has 46 heavy (non-hydrogen) atoms. The molecule has 4 heterocycles. The third-order valence-electron chi connectivity index (χ3n) is 9.33. The molecule has 11 nitrogen and oxygen atoms in total. The number of carbonyl (C=O) groups excluding carboxylic acids is 2. The third-order valence-corrected chi connectivity index (χ3v) is 14.2. The molecule has 0 saturated carbocycles. The molecule has 2 amide bonds. The van der Waals surface area contributed by atoms with Crippen molar-refractivity contribution in [1.82, 2.24) is 35.1 Å². The van der Waals surface area contributed by atoms with Gasteiger partial charge in [-0.15, -0.1) is 5.10 Å². The standard InChI is InChI=1S/C32H36ClFN8O3Si/c1-18(45-46(5,6)32(2,3)4)25-16-35-24-15-20(7-10-23(24)38-25)37-31(44)27-11-8-21-13-19(14-28(43)42(21)27)29-26(41-17-36-39-40-41)12-9-22(33)30(29)34/h7,9-10,12,14-18,21,27H,8,11,13H2,1-6H3,(H,37,44)/t18-,21?,27-/m0/s1. The van der Waals surface area contributed by atoms with Crippen LogP contribution in [0.5, 0.6) is 0 Å². The van der Waals surface area contributed by atoms with Crippen molar-refractivity contribution in [2.75, 3.05) is 5.32 Å². The van der Waals surface area contributed by atoms with Crippen molar-refractivity contribution in [3.05, 3.63) is 71.0 Å². The predicted octanol–water partition coefficient (Wildman–Crippen LogP) is 6.27. The zero-order valence-corrected chi connectivity index (χ0v) is 28.3. The summed E-state index contributed by atoms with van der Waals surface area (Å²) >= 11 is 6.13. The Bertz CT molecular complexity index is 1860. The van der Waals surface area contributed by atoms with E-state index in [9.17, 15) is 9.59 Å². The van der Waals surface area contributed by atoms with Gasteiger partial charge in [-0.2, -0.15) is 4.68 Å². The maximum atomic E-state index is 15.4. The van der Waals surface area contributed by atoms with E-state index in [-0.39, 0.29) is 39.6 Å². The monoisotopic (exact) mass is 662 g/mol. The van der Waals surface area contributed by atoms with Gasteiger partial charge in [-0.3, -0.25) is 14.6 Å². The Morgan fingerprint density at radius 2 is 1.96 bits per heavy atom. The lowest BCUT2D eigenvalue weighted by atomic mass is 9.92. The van der Waals surface area contributed by atoms with Gasteiger partial charge in [0.1, 0.15) is 12.4 Å². The van der Waals surface area contributed by atoms with Gasteiger partial charge in [-0.25, -0.2) is 9.37 Å². The zero-order chi connectivity index (χ0) is 33.0. The molecule has 6 rings (SSSR count). The summed E-state index contributed by atoms with van der Waals surface area (Å²) in [6, 6.07) is 7.46. The normalized spacial score (nSPS) is 19.3. The number of carbonyl (C=O) groups is 2. The highest BCUT2D eigenvalue weighted by Gasteiger charge is 2.43. The second kappa shape index (κ2) is 11.9. The molecule has 0 radical (unpaired) electrons. The summed E-state index contributed by atoms with van der Waals surface area (Å²) in [6.45, 7) is 13.0. The van der Waals surface area contributed by atoms with Gasteiger partial charge >= 0.3 is 0 Å². The van der Waals surface area contributed by atoms with E-state index in [0.717, 1.165) is 5.69 Å². The molecule has 14 heteroatoms. The van der Waals surface area contributed by atoms with Gasteiger partial charge in [0.15, 0.2) is 14.1 Å². The van der Waals surface area contributed by atoms with Crippen LogP contribution in [0.15, 0.2) is 48.9 Å². The minimum atomic E-state index is -1.99. The number of amides is 2. The van der Waals surface area contributed by atoms with E-state index in [4.69, 9.17) is 21.0 Å². The molecule has 240 valence electrons. The van der Waals surface area contributed by atoms with E-state index in [1.54, 1.807) is 29.3 Å². The fraction of sp³-hybridized carbons (Fsp3) is 0.406. The lowest BCUT2D eigenvalue weighted by Crippen LogP contribution is -2.48. The van der Waals surface area contributed by atoms with Gasteiger partial charge < -0.3 is 14.6 Å². The molecule has 0 aliphatic carbocycles. The predicted molar refractivity (Wildman–Crippen MR) is 175 cm³/mol. The number of nitrogens with one attached hydrogen (secondary N) is 1. The number of anilines is 1. The van der Waals surface area contributed by atoms with E-state index < -0.39 is 20.2 Å². The van der Waals surface area contributed by atoms with Crippen molar-refractivity contribution in [1.29, 1.82) is 0 Å². The number of nitrogens with zero attached hydrogens (tertiary/aromatic N) is 7. The quantitative estimate of drug-likeness (QED) is 0.230. The van der Waals surface area contributed by atoms with Crippen LogP contribution in [0.3, 0.4) is 0 Å². The first-order valence-corrected chi connectivity index (χ1v) is 18.5. The molecule has 2 aliphatic rings. The number of aromatic nitrogens is 6. The smallest absolute Gasteiger partial charge is 0.247 e. The van der Waals surface area contributed by atoms with Gasteiger partial charge in [0.2, 0.25) is 11.8 Å². The first-order valence-electron chi connectivity index (χ1n) is 15.2. The SMILES string of the molecule is C[C@H](O[Si](C)(C)C(C)(C)C)c1cnc2cc(NC(=O)[C@@H]3CCC4CC(c5c(-n6cnnn6)ccc(Cl)c5F)=CC(=O)N43)ccc2n1. The Balaban J connectivity index is 1.18. The number of halogens is 2. The van der Waals surface area contributed by atoms with Gasteiger partial charge in [0.25, 0.3) is 0 Å². The van der Waals surface area contributed by atoms with Crippen molar-refractivity contribution in [2.24, 2.45) is 0 Å². The minimum Gasteiger partial charge on any atom is -0.409 e. The van der Waals surface area contributed by atoms with Gasteiger partial charge in [0.05, 0.1) is 39.7 Å². The number of rotatable bonds is 7. The van der Waals surface area contributed by atoms with Gasteiger partial charge in [0, 0.05) is 23.4 Å². The van der Waals surface area contributed by atoms with Crippen LogP contribution in [-0.2, 0) is 14.0 Å². The van der Waals surface area contributed by atoms with Crippen LogP contribution in [0.4, 0.5) is 10.1 Å². The summed E-state index contributed by atoms with van der Waals surface area (Å²) in [5.74, 6) is -1.31. The average Bonchev–Trinajstić information content (AvgIpc) is 3.68. The van der Waals surface area contributed by atoms with Crippen LogP contribution in [0, 0.1) is 5.82 Å². The Morgan fingerprint density at radius 3 is 2.67 bits per heavy atom. The lowest BCUT2D eigenvalue weighted by molar-refractivity contribution is -0.135. The van der Waals surface area contributed by atoms with Crippen LogP contribution >= 0.6 is 11.6 Å². The number of benzene rings is 2. The number of fused-ring (bicyclic) bond motifs is 2. The Morgan fingerprint density at radius 1 is 1.17 bits per heavy atom. The second-order valence-electron chi connectivity index (χ2n) is 13.4. The molecule has 2 aromatic heterocycles.